The van der Waals surface area contributed by atoms with Crippen LogP contribution in [0.1, 0.15) is 13.8 Å². The third kappa shape index (κ3) is 5.61. The van der Waals surface area contributed by atoms with Crippen molar-refractivity contribution in [3.63, 3.8) is 0 Å². The first kappa shape index (κ1) is 17.9. The Labute approximate surface area is 126 Å². The first-order valence-electron chi connectivity index (χ1n) is 7.21. The van der Waals surface area contributed by atoms with Gasteiger partial charge in [-0.2, -0.15) is 0 Å². The van der Waals surface area contributed by atoms with Crippen molar-refractivity contribution in [2.24, 2.45) is 0 Å². The zero-order valence-electron chi connectivity index (χ0n) is 13.3. The number of ether oxygens (including phenoxy) is 3. The van der Waals surface area contributed by atoms with E-state index in [1.54, 1.807) is 19.1 Å². The first-order chi connectivity index (χ1) is 9.99. The van der Waals surface area contributed by atoms with Crippen LogP contribution in [0.15, 0.2) is 0 Å². The van der Waals surface area contributed by atoms with Gasteiger partial charge in [-0.25, -0.2) is 0 Å². The number of nitrogens with zero attached hydrogens (tertiary/aromatic N) is 2. The van der Waals surface area contributed by atoms with Gasteiger partial charge in [-0.3, -0.25) is 9.59 Å². The summed E-state index contributed by atoms with van der Waals surface area (Å²) >= 11 is 0. The van der Waals surface area contributed by atoms with Gasteiger partial charge in [0, 0.05) is 40.4 Å². The average Bonchev–Trinajstić information content (AvgIpc) is 2.45. The minimum atomic E-state index is -0.509. The molecule has 0 saturated carbocycles. The normalized spacial score (nSPS) is 22.2. The van der Waals surface area contributed by atoms with Crippen LogP contribution in [0.2, 0.25) is 0 Å². The number of rotatable bonds is 6. The molecule has 0 aromatic carbocycles. The van der Waals surface area contributed by atoms with E-state index in [0.29, 0.717) is 39.4 Å². The maximum absolute atomic E-state index is 12.4. The van der Waals surface area contributed by atoms with Gasteiger partial charge in [-0.05, 0) is 13.8 Å². The molecule has 2 atom stereocenters. The molecule has 1 aliphatic rings. The topological polar surface area (TPSA) is 68.3 Å². The fourth-order valence-corrected chi connectivity index (χ4v) is 2.33. The van der Waals surface area contributed by atoms with Crippen LogP contribution in [0.25, 0.3) is 0 Å². The molecule has 1 saturated heterocycles. The monoisotopic (exact) mass is 302 g/mol. The van der Waals surface area contributed by atoms with Crippen molar-refractivity contribution in [1.29, 1.82) is 0 Å². The maximum atomic E-state index is 12.4. The molecule has 0 spiro atoms. The molecule has 0 aromatic heterocycles. The van der Waals surface area contributed by atoms with Crippen molar-refractivity contribution in [1.82, 2.24) is 9.80 Å². The Balaban J connectivity index is 2.65. The van der Waals surface area contributed by atoms with Gasteiger partial charge in [0.15, 0.2) is 0 Å². The van der Waals surface area contributed by atoms with Crippen LogP contribution >= 0.6 is 0 Å². The Morgan fingerprint density at radius 3 is 2.00 bits per heavy atom. The third-order valence-electron chi connectivity index (χ3n) is 3.31. The van der Waals surface area contributed by atoms with E-state index in [1.807, 2.05) is 13.8 Å². The van der Waals surface area contributed by atoms with Gasteiger partial charge in [-0.15, -0.1) is 0 Å². The molecule has 21 heavy (non-hydrogen) atoms. The minimum absolute atomic E-state index is 0.0584. The van der Waals surface area contributed by atoms with Crippen LogP contribution in [0, 0.1) is 0 Å². The second-order valence-electron chi connectivity index (χ2n) is 5.25. The summed E-state index contributed by atoms with van der Waals surface area (Å²) in [5.41, 5.74) is 0. The third-order valence-corrected chi connectivity index (χ3v) is 3.31. The number of morpholine rings is 1. The van der Waals surface area contributed by atoms with Gasteiger partial charge in [-0.1, -0.05) is 0 Å². The lowest BCUT2D eigenvalue weighted by Crippen LogP contribution is -2.54. The van der Waals surface area contributed by atoms with Crippen molar-refractivity contribution < 1.29 is 23.8 Å². The lowest BCUT2D eigenvalue weighted by Gasteiger charge is -2.35. The van der Waals surface area contributed by atoms with Crippen molar-refractivity contribution in [2.75, 3.05) is 53.6 Å². The molecule has 1 aliphatic heterocycles. The van der Waals surface area contributed by atoms with E-state index in [4.69, 9.17) is 14.2 Å². The number of carbonyl (C=O) groups is 2. The number of amides is 2. The summed E-state index contributed by atoms with van der Waals surface area (Å²) in [5.74, 6) is -0.991. The fourth-order valence-electron chi connectivity index (χ4n) is 2.33. The number of hydrogen-bond acceptors (Lipinski definition) is 5. The summed E-state index contributed by atoms with van der Waals surface area (Å²) in [6.45, 7) is 6.20. The minimum Gasteiger partial charge on any atom is -0.383 e. The van der Waals surface area contributed by atoms with E-state index in [-0.39, 0.29) is 12.2 Å². The summed E-state index contributed by atoms with van der Waals surface area (Å²) in [6.07, 6.45) is -0.117. The Bertz CT molecular complexity index is 332. The van der Waals surface area contributed by atoms with Gasteiger partial charge in [0.1, 0.15) is 0 Å². The van der Waals surface area contributed by atoms with Crippen LogP contribution in [0.3, 0.4) is 0 Å². The average molecular weight is 302 g/mol. The molecular formula is C14H26N2O5. The van der Waals surface area contributed by atoms with Crippen LogP contribution < -0.4 is 0 Å². The van der Waals surface area contributed by atoms with Crippen LogP contribution in [-0.4, -0.2) is 87.4 Å². The highest BCUT2D eigenvalue weighted by Crippen LogP contribution is 2.11. The molecule has 1 fully saturated rings. The molecule has 7 nitrogen and oxygen atoms in total. The van der Waals surface area contributed by atoms with Crippen LogP contribution in [0.4, 0.5) is 0 Å². The highest BCUT2D eigenvalue weighted by molar-refractivity contribution is 6.34. The van der Waals surface area contributed by atoms with Crippen molar-refractivity contribution in [3.8, 4) is 0 Å². The molecule has 2 unspecified atom stereocenters. The number of methoxy groups -OCH3 is 2. The Kier molecular flexibility index (Phi) is 7.63. The summed E-state index contributed by atoms with van der Waals surface area (Å²) in [4.78, 5) is 27.7. The zero-order chi connectivity index (χ0) is 15.8. The fraction of sp³-hybridized carbons (Fsp3) is 0.857. The Morgan fingerprint density at radius 2 is 1.57 bits per heavy atom. The standard InChI is InChI=1S/C14H26N2O5/c1-11-9-16(10-12(2)21-11)14(18)13(17)15(5-7-19-3)6-8-20-4/h11-12H,5-10H2,1-4H3. The SMILES string of the molecule is COCCN(CCOC)C(=O)C(=O)N1CC(C)OC(C)C1. The second-order valence-corrected chi connectivity index (χ2v) is 5.25. The predicted molar refractivity (Wildman–Crippen MR) is 76.9 cm³/mol. The lowest BCUT2D eigenvalue weighted by molar-refractivity contribution is -0.159. The van der Waals surface area contributed by atoms with Crippen LogP contribution in [-0.2, 0) is 23.8 Å². The van der Waals surface area contributed by atoms with E-state index in [2.05, 4.69) is 0 Å². The largest absolute Gasteiger partial charge is 0.383 e. The summed E-state index contributed by atoms with van der Waals surface area (Å²) in [7, 11) is 3.12. The van der Waals surface area contributed by atoms with Crippen molar-refractivity contribution in [3.05, 3.63) is 0 Å². The summed E-state index contributed by atoms with van der Waals surface area (Å²) in [5, 5.41) is 0. The van der Waals surface area contributed by atoms with E-state index in [0.717, 1.165) is 0 Å². The first-order valence-corrected chi connectivity index (χ1v) is 7.21. The molecule has 1 heterocycles. The molecule has 0 N–H and O–H groups in total. The molecule has 1 rings (SSSR count). The highest BCUT2D eigenvalue weighted by atomic mass is 16.5. The second kappa shape index (κ2) is 8.96. The molecule has 2 amide bonds. The van der Waals surface area contributed by atoms with E-state index >= 15 is 0 Å². The smallest absolute Gasteiger partial charge is 0.312 e. The van der Waals surface area contributed by atoms with Gasteiger partial charge in [0.05, 0.1) is 25.4 Å². The molecule has 0 bridgehead atoms. The maximum Gasteiger partial charge on any atom is 0.312 e. The van der Waals surface area contributed by atoms with Crippen molar-refractivity contribution >= 4 is 11.8 Å². The number of hydrogen-bond donors (Lipinski definition) is 0. The van der Waals surface area contributed by atoms with E-state index in [1.165, 1.54) is 4.90 Å². The molecular weight excluding hydrogens is 276 g/mol. The highest BCUT2D eigenvalue weighted by Gasteiger charge is 2.32. The molecule has 0 aliphatic carbocycles. The molecule has 0 aromatic rings. The molecule has 7 heteroatoms. The van der Waals surface area contributed by atoms with Crippen molar-refractivity contribution in [2.45, 2.75) is 26.1 Å². The quantitative estimate of drug-likeness (QED) is 0.633. The Morgan fingerprint density at radius 1 is 1.10 bits per heavy atom. The predicted octanol–water partition coefficient (Wildman–Crippen LogP) is -0.256. The van der Waals surface area contributed by atoms with Crippen LogP contribution in [0.5, 0.6) is 0 Å². The van der Waals surface area contributed by atoms with E-state index < -0.39 is 11.8 Å². The van der Waals surface area contributed by atoms with Gasteiger partial charge < -0.3 is 24.0 Å². The van der Waals surface area contributed by atoms with Gasteiger partial charge in [0.2, 0.25) is 0 Å². The Hall–Kier alpha value is -1.18. The summed E-state index contributed by atoms with van der Waals surface area (Å²) in [6, 6.07) is 0. The van der Waals surface area contributed by atoms with Gasteiger partial charge in [0.25, 0.3) is 0 Å². The lowest BCUT2D eigenvalue weighted by atomic mass is 10.2. The van der Waals surface area contributed by atoms with Gasteiger partial charge >= 0.3 is 11.8 Å². The summed E-state index contributed by atoms with van der Waals surface area (Å²) < 4.78 is 15.5. The molecule has 0 radical (unpaired) electrons. The molecule has 122 valence electrons. The van der Waals surface area contributed by atoms with E-state index in [9.17, 15) is 9.59 Å². The number of carbonyl (C=O) groups excluding carboxylic acids is 2. The zero-order valence-corrected chi connectivity index (χ0v) is 13.3.